The molecule has 1 N–H and O–H groups in total. The van der Waals surface area contributed by atoms with Gasteiger partial charge in [0.2, 0.25) is 0 Å². The van der Waals surface area contributed by atoms with Crippen LogP contribution in [-0.4, -0.2) is 17.8 Å². The molecule has 0 aromatic heterocycles. The van der Waals surface area contributed by atoms with Crippen LogP contribution in [0, 0.1) is 17.2 Å². The predicted octanol–water partition coefficient (Wildman–Crippen LogP) is 4.88. The lowest BCUT2D eigenvalue weighted by atomic mass is 9.86. The van der Waals surface area contributed by atoms with Crippen molar-refractivity contribution in [2.45, 2.75) is 49.5 Å². The number of halogens is 1. The highest BCUT2D eigenvalue weighted by Crippen LogP contribution is 2.39. The third-order valence-electron chi connectivity index (χ3n) is 4.27. The number of rotatable bonds is 7. The lowest BCUT2D eigenvalue weighted by Gasteiger charge is -2.30. The van der Waals surface area contributed by atoms with E-state index in [0.29, 0.717) is 5.92 Å². The van der Waals surface area contributed by atoms with Crippen LogP contribution in [-0.2, 0) is 0 Å². The van der Waals surface area contributed by atoms with E-state index in [1.165, 1.54) is 0 Å². The highest BCUT2D eigenvalue weighted by atomic mass is 35.5. The van der Waals surface area contributed by atoms with Crippen molar-refractivity contribution < 1.29 is 0 Å². The van der Waals surface area contributed by atoms with Gasteiger partial charge in [-0.2, -0.15) is 5.26 Å². The molecule has 1 aromatic carbocycles. The van der Waals surface area contributed by atoms with E-state index in [1.807, 2.05) is 18.2 Å². The van der Waals surface area contributed by atoms with Crippen LogP contribution in [0.3, 0.4) is 0 Å². The molecule has 2 unspecified atom stereocenters. The Labute approximate surface area is 137 Å². The largest absolute Gasteiger partial charge is 0.299 e. The summed E-state index contributed by atoms with van der Waals surface area (Å²) in [6.45, 7) is 3.08. The van der Waals surface area contributed by atoms with Gasteiger partial charge in [0.1, 0.15) is 5.54 Å². The van der Waals surface area contributed by atoms with Crippen molar-refractivity contribution in [1.82, 2.24) is 5.32 Å². The van der Waals surface area contributed by atoms with E-state index in [1.54, 1.807) is 11.8 Å². The summed E-state index contributed by atoms with van der Waals surface area (Å²) in [6.07, 6.45) is 5.45. The number of nitrogens with one attached hydrogen (secondary N) is 1. The first kappa shape index (κ1) is 16.7. The Kier molecular flexibility index (Phi) is 6.41. The Morgan fingerprint density at radius 2 is 2.29 bits per heavy atom. The Balaban J connectivity index is 1.90. The lowest BCUT2D eigenvalue weighted by molar-refractivity contribution is 0.311. The number of benzene rings is 1. The van der Waals surface area contributed by atoms with Gasteiger partial charge in [-0.1, -0.05) is 37.1 Å². The first-order valence-electron chi connectivity index (χ1n) is 7.75. The van der Waals surface area contributed by atoms with Crippen molar-refractivity contribution in [2.75, 3.05) is 12.3 Å². The molecule has 1 fully saturated rings. The minimum Gasteiger partial charge on any atom is -0.299 e. The second-order valence-electron chi connectivity index (χ2n) is 5.67. The van der Waals surface area contributed by atoms with Crippen LogP contribution < -0.4 is 5.32 Å². The molecule has 1 aliphatic rings. The van der Waals surface area contributed by atoms with Crippen molar-refractivity contribution >= 4 is 23.4 Å². The SMILES string of the molecule is CCCNC1(C#N)CCCC1CCSc1ccccc1Cl. The highest BCUT2D eigenvalue weighted by Gasteiger charge is 2.42. The van der Waals surface area contributed by atoms with Crippen LogP contribution in [0.4, 0.5) is 0 Å². The molecule has 0 amide bonds. The van der Waals surface area contributed by atoms with Gasteiger partial charge in [-0.05, 0) is 56.0 Å². The Morgan fingerprint density at radius 3 is 3.00 bits per heavy atom. The summed E-state index contributed by atoms with van der Waals surface area (Å²) in [5, 5.41) is 14.0. The molecule has 0 saturated heterocycles. The normalized spacial score (nSPS) is 24.9. The van der Waals surface area contributed by atoms with Crippen molar-refractivity contribution in [2.24, 2.45) is 5.92 Å². The molecular formula is C17H23ClN2S. The maximum atomic E-state index is 9.63. The summed E-state index contributed by atoms with van der Waals surface area (Å²) >= 11 is 7.99. The average Bonchev–Trinajstić information content (AvgIpc) is 2.90. The second-order valence-corrected chi connectivity index (χ2v) is 7.21. The zero-order valence-corrected chi connectivity index (χ0v) is 14.1. The van der Waals surface area contributed by atoms with E-state index >= 15 is 0 Å². The molecule has 1 saturated carbocycles. The molecule has 2 atom stereocenters. The molecule has 0 radical (unpaired) electrons. The van der Waals surface area contributed by atoms with E-state index in [9.17, 15) is 5.26 Å². The molecular weight excluding hydrogens is 300 g/mol. The summed E-state index contributed by atoms with van der Waals surface area (Å²) < 4.78 is 0. The number of thioether (sulfide) groups is 1. The minimum absolute atomic E-state index is 0.295. The van der Waals surface area contributed by atoms with Gasteiger partial charge in [0.25, 0.3) is 0 Å². The Bertz CT molecular complexity index is 500. The highest BCUT2D eigenvalue weighted by molar-refractivity contribution is 7.99. The van der Waals surface area contributed by atoms with Gasteiger partial charge in [0.15, 0.2) is 0 Å². The van der Waals surface area contributed by atoms with Gasteiger partial charge < -0.3 is 0 Å². The maximum absolute atomic E-state index is 9.63. The summed E-state index contributed by atoms with van der Waals surface area (Å²) in [6, 6.07) is 10.5. The van der Waals surface area contributed by atoms with Crippen LogP contribution in [0.2, 0.25) is 5.02 Å². The molecule has 2 nitrogen and oxygen atoms in total. The van der Waals surface area contributed by atoms with Gasteiger partial charge in [-0.25, -0.2) is 0 Å². The van der Waals surface area contributed by atoms with E-state index in [0.717, 1.165) is 54.3 Å². The third kappa shape index (κ3) is 4.16. The van der Waals surface area contributed by atoms with Crippen LogP contribution in [0.1, 0.15) is 39.0 Å². The Morgan fingerprint density at radius 1 is 1.48 bits per heavy atom. The standard InChI is InChI=1S/C17H23ClN2S/c1-2-11-20-17(13-19)10-5-6-14(17)9-12-21-16-8-4-3-7-15(16)18/h3-4,7-8,14,20H,2,5-6,9-12H2,1H3. The predicted molar refractivity (Wildman–Crippen MR) is 90.8 cm³/mol. The van der Waals surface area contributed by atoms with E-state index in [-0.39, 0.29) is 5.54 Å². The summed E-state index contributed by atoms with van der Waals surface area (Å²) in [5.74, 6) is 1.48. The Hall–Kier alpha value is -0.690. The van der Waals surface area contributed by atoms with E-state index < -0.39 is 0 Å². The monoisotopic (exact) mass is 322 g/mol. The van der Waals surface area contributed by atoms with Crippen LogP contribution in [0.25, 0.3) is 0 Å². The first-order chi connectivity index (χ1) is 10.2. The maximum Gasteiger partial charge on any atom is 0.109 e. The number of hydrogen-bond acceptors (Lipinski definition) is 3. The molecule has 0 aliphatic heterocycles. The zero-order valence-electron chi connectivity index (χ0n) is 12.6. The minimum atomic E-state index is -0.295. The number of nitrogens with zero attached hydrogens (tertiary/aromatic N) is 1. The van der Waals surface area contributed by atoms with E-state index in [4.69, 9.17) is 11.6 Å². The van der Waals surface area contributed by atoms with E-state index in [2.05, 4.69) is 24.4 Å². The zero-order chi connectivity index (χ0) is 15.1. The molecule has 114 valence electrons. The molecule has 4 heteroatoms. The fraction of sp³-hybridized carbons (Fsp3) is 0.588. The van der Waals surface area contributed by atoms with Crippen molar-refractivity contribution in [3.05, 3.63) is 29.3 Å². The number of hydrogen-bond donors (Lipinski definition) is 1. The molecule has 0 bridgehead atoms. The second kappa shape index (κ2) is 8.08. The lowest BCUT2D eigenvalue weighted by Crippen LogP contribution is -2.47. The number of nitriles is 1. The molecule has 21 heavy (non-hydrogen) atoms. The topological polar surface area (TPSA) is 35.8 Å². The molecule has 1 aliphatic carbocycles. The van der Waals surface area contributed by atoms with Gasteiger partial charge >= 0.3 is 0 Å². The summed E-state index contributed by atoms with van der Waals surface area (Å²) in [5.41, 5.74) is -0.295. The van der Waals surface area contributed by atoms with Crippen molar-refractivity contribution in [1.29, 1.82) is 5.26 Å². The molecule has 0 spiro atoms. The summed E-state index contributed by atoms with van der Waals surface area (Å²) in [4.78, 5) is 1.14. The molecule has 0 heterocycles. The fourth-order valence-electron chi connectivity index (χ4n) is 3.11. The smallest absolute Gasteiger partial charge is 0.109 e. The summed E-state index contributed by atoms with van der Waals surface area (Å²) in [7, 11) is 0. The first-order valence-corrected chi connectivity index (χ1v) is 9.12. The quantitative estimate of drug-likeness (QED) is 0.726. The fourth-order valence-corrected chi connectivity index (χ4v) is 4.41. The van der Waals surface area contributed by atoms with Gasteiger partial charge in [-0.3, -0.25) is 5.32 Å². The third-order valence-corrected chi connectivity index (χ3v) is 5.82. The molecule has 2 rings (SSSR count). The van der Waals surface area contributed by atoms with Crippen LogP contribution in [0.15, 0.2) is 29.2 Å². The average molecular weight is 323 g/mol. The van der Waals surface area contributed by atoms with Crippen LogP contribution in [0.5, 0.6) is 0 Å². The van der Waals surface area contributed by atoms with Gasteiger partial charge in [-0.15, -0.1) is 11.8 Å². The van der Waals surface area contributed by atoms with Gasteiger partial charge in [0.05, 0.1) is 11.1 Å². The van der Waals surface area contributed by atoms with Crippen LogP contribution >= 0.6 is 23.4 Å². The van der Waals surface area contributed by atoms with Crippen molar-refractivity contribution in [3.63, 3.8) is 0 Å². The molecule has 1 aromatic rings. The van der Waals surface area contributed by atoms with Gasteiger partial charge in [0, 0.05) is 4.90 Å². The van der Waals surface area contributed by atoms with Crippen molar-refractivity contribution in [3.8, 4) is 6.07 Å².